The predicted molar refractivity (Wildman–Crippen MR) is 78.2 cm³/mol. The first-order valence-corrected chi connectivity index (χ1v) is 7.85. The molecule has 2 heterocycles. The molecule has 0 radical (unpaired) electrons. The van der Waals surface area contributed by atoms with Gasteiger partial charge in [0.1, 0.15) is 48.8 Å². The van der Waals surface area contributed by atoms with Gasteiger partial charge < -0.3 is 54.3 Å². The molecule has 25 heavy (non-hydrogen) atoms. The van der Waals surface area contributed by atoms with Crippen LogP contribution in [0.1, 0.15) is 0 Å². The van der Waals surface area contributed by atoms with E-state index in [0.29, 0.717) is 0 Å². The molecule has 2 saturated heterocycles. The number of aliphatic hydroxyl groups is 6. The number of hydrogen-bond acceptors (Lipinski definition) is 11. The van der Waals surface area contributed by atoms with Crippen molar-refractivity contribution in [2.24, 2.45) is 0 Å². The van der Waals surface area contributed by atoms with E-state index in [9.17, 15) is 30.6 Å². The largest absolute Gasteiger partial charge is 0.394 e. The number of rotatable bonds is 6. The Balaban J connectivity index is 2.13. The molecule has 148 valence electrons. The molecule has 2 rings (SSSR count). The minimum absolute atomic E-state index is 0.510. The number of ether oxygens (including phenoxy) is 5. The quantitative estimate of drug-likeness (QED) is 0.269. The Morgan fingerprint density at radius 2 is 1.16 bits per heavy atom. The van der Waals surface area contributed by atoms with E-state index >= 15 is 0 Å². The first-order valence-electron chi connectivity index (χ1n) is 7.85. The second-order valence-electron chi connectivity index (χ2n) is 5.95. The topological polar surface area (TPSA) is 168 Å². The molecule has 0 amide bonds. The normalized spacial score (nSPS) is 48.5. The van der Waals surface area contributed by atoms with Crippen molar-refractivity contribution >= 4 is 0 Å². The SMILES string of the molecule is CO[C@H]1OC(CO)[C@@H](O[C@H]2OC(CO)[C@@H](OC)[C@H](O)C2O)[C@H](O)C1O. The zero-order chi connectivity index (χ0) is 18.7. The average molecular weight is 370 g/mol. The van der Waals surface area contributed by atoms with E-state index in [2.05, 4.69) is 0 Å². The van der Waals surface area contributed by atoms with Crippen LogP contribution in [0.5, 0.6) is 0 Å². The second kappa shape index (κ2) is 8.97. The van der Waals surface area contributed by atoms with Gasteiger partial charge in [-0.25, -0.2) is 0 Å². The third-order valence-electron chi connectivity index (χ3n) is 4.44. The van der Waals surface area contributed by atoms with Gasteiger partial charge in [-0.3, -0.25) is 0 Å². The lowest BCUT2D eigenvalue weighted by atomic mass is 9.97. The average Bonchev–Trinajstić information content (AvgIpc) is 2.62. The molecule has 2 aliphatic heterocycles. The smallest absolute Gasteiger partial charge is 0.187 e. The maximum atomic E-state index is 10.2. The highest BCUT2D eigenvalue weighted by Gasteiger charge is 2.50. The Morgan fingerprint density at radius 1 is 0.680 bits per heavy atom. The summed E-state index contributed by atoms with van der Waals surface area (Å²) in [5.74, 6) is 0. The van der Waals surface area contributed by atoms with Crippen LogP contribution in [0.3, 0.4) is 0 Å². The highest BCUT2D eigenvalue weighted by Crippen LogP contribution is 2.29. The Labute approximate surface area is 144 Å². The Hall–Kier alpha value is -0.440. The third-order valence-corrected chi connectivity index (χ3v) is 4.44. The van der Waals surface area contributed by atoms with Gasteiger partial charge in [-0.1, -0.05) is 0 Å². The summed E-state index contributed by atoms with van der Waals surface area (Å²) in [5, 5.41) is 59.3. The Kier molecular flexibility index (Phi) is 7.49. The molecule has 0 spiro atoms. The van der Waals surface area contributed by atoms with Gasteiger partial charge in [-0.15, -0.1) is 0 Å². The standard InChI is InChI=1S/C14H26O11/c1-21-11-5(3-15)24-14(10(20)7(11)17)25-12-6(4-16)23-13(22-2)9(19)8(12)18/h5-20H,3-4H2,1-2H3/t5?,6?,7-,8-,9?,10?,11-,12-,13+,14-/m1/s1. The summed E-state index contributed by atoms with van der Waals surface area (Å²) in [6, 6.07) is 0. The van der Waals surface area contributed by atoms with E-state index in [4.69, 9.17) is 23.7 Å². The molecular formula is C14H26O11. The predicted octanol–water partition coefficient (Wildman–Crippen LogP) is -4.09. The van der Waals surface area contributed by atoms with Gasteiger partial charge in [-0.2, -0.15) is 0 Å². The lowest BCUT2D eigenvalue weighted by molar-refractivity contribution is -0.358. The van der Waals surface area contributed by atoms with Crippen molar-refractivity contribution in [3.05, 3.63) is 0 Å². The fourth-order valence-corrected chi connectivity index (χ4v) is 3.03. The molecule has 0 aromatic carbocycles. The first kappa shape index (κ1) is 20.9. The van der Waals surface area contributed by atoms with Crippen molar-refractivity contribution in [1.82, 2.24) is 0 Å². The van der Waals surface area contributed by atoms with Gasteiger partial charge >= 0.3 is 0 Å². The molecule has 2 fully saturated rings. The lowest BCUT2D eigenvalue weighted by Gasteiger charge is -2.46. The van der Waals surface area contributed by atoms with E-state index in [1.54, 1.807) is 0 Å². The van der Waals surface area contributed by atoms with Crippen molar-refractivity contribution in [3.63, 3.8) is 0 Å². The first-order chi connectivity index (χ1) is 11.9. The summed E-state index contributed by atoms with van der Waals surface area (Å²) in [7, 11) is 2.55. The zero-order valence-corrected chi connectivity index (χ0v) is 13.9. The van der Waals surface area contributed by atoms with Gasteiger partial charge in [0.15, 0.2) is 12.6 Å². The van der Waals surface area contributed by atoms with Crippen molar-refractivity contribution in [2.75, 3.05) is 27.4 Å². The summed E-state index contributed by atoms with van der Waals surface area (Å²) in [6.45, 7) is -1.08. The van der Waals surface area contributed by atoms with Crippen LogP contribution >= 0.6 is 0 Å². The highest BCUT2D eigenvalue weighted by molar-refractivity contribution is 4.94. The summed E-state index contributed by atoms with van der Waals surface area (Å²) in [6.07, 6.45) is -12.9. The number of hydrogen-bond donors (Lipinski definition) is 6. The van der Waals surface area contributed by atoms with Crippen LogP contribution in [0.25, 0.3) is 0 Å². The second-order valence-corrected chi connectivity index (χ2v) is 5.95. The molecule has 4 unspecified atom stereocenters. The molecule has 6 N–H and O–H groups in total. The molecule has 11 heteroatoms. The minimum atomic E-state index is -1.56. The molecule has 2 aliphatic rings. The van der Waals surface area contributed by atoms with E-state index in [1.165, 1.54) is 14.2 Å². The van der Waals surface area contributed by atoms with Gasteiger partial charge in [0.2, 0.25) is 0 Å². The fourth-order valence-electron chi connectivity index (χ4n) is 3.03. The van der Waals surface area contributed by atoms with E-state index in [-0.39, 0.29) is 0 Å². The maximum absolute atomic E-state index is 10.2. The van der Waals surface area contributed by atoms with Crippen LogP contribution in [0.2, 0.25) is 0 Å². The molecule has 0 aromatic heterocycles. The number of aliphatic hydroxyl groups excluding tert-OH is 6. The van der Waals surface area contributed by atoms with Crippen LogP contribution in [-0.2, 0) is 23.7 Å². The van der Waals surface area contributed by atoms with Crippen molar-refractivity contribution in [2.45, 2.75) is 61.4 Å². The van der Waals surface area contributed by atoms with E-state index in [1.807, 2.05) is 0 Å². The summed E-state index contributed by atoms with van der Waals surface area (Å²) >= 11 is 0. The fraction of sp³-hybridized carbons (Fsp3) is 1.00. The van der Waals surface area contributed by atoms with Crippen LogP contribution < -0.4 is 0 Å². The summed E-state index contributed by atoms with van der Waals surface area (Å²) in [5.41, 5.74) is 0. The van der Waals surface area contributed by atoms with Crippen LogP contribution in [0.15, 0.2) is 0 Å². The molecule has 11 nitrogen and oxygen atoms in total. The van der Waals surface area contributed by atoms with Gasteiger partial charge in [0.25, 0.3) is 0 Å². The van der Waals surface area contributed by atoms with Crippen molar-refractivity contribution in [1.29, 1.82) is 0 Å². The third kappa shape index (κ3) is 4.12. The lowest BCUT2D eigenvalue weighted by Crippen LogP contribution is -2.64. The van der Waals surface area contributed by atoms with Crippen LogP contribution in [0.4, 0.5) is 0 Å². The van der Waals surface area contributed by atoms with Gasteiger partial charge in [0.05, 0.1) is 13.2 Å². The minimum Gasteiger partial charge on any atom is -0.394 e. The molecule has 0 saturated carbocycles. The van der Waals surface area contributed by atoms with E-state index in [0.717, 1.165) is 0 Å². The Bertz CT molecular complexity index is 406. The molecule has 0 aromatic rings. The molecule has 10 atom stereocenters. The van der Waals surface area contributed by atoms with Gasteiger partial charge in [-0.05, 0) is 0 Å². The monoisotopic (exact) mass is 370 g/mol. The van der Waals surface area contributed by atoms with Crippen LogP contribution in [0, 0.1) is 0 Å². The van der Waals surface area contributed by atoms with E-state index < -0.39 is 74.6 Å². The highest BCUT2D eigenvalue weighted by atomic mass is 16.7. The number of methoxy groups -OCH3 is 2. The van der Waals surface area contributed by atoms with Crippen molar-refractivity contribution < 1.29 is 54.3 Å². The van der Waals surface area contributed by atoms with Gasteiger partial charge in [0, 0.05) is 14.2 Å². The molecule has 0 aliphatic carbocycles. The maximum Gasteiger partial charge on any atom is 0.187 e. The molecular weight excluding hydrogens is 344 g/mol. The summed E-state index contributed by atoms with van der Waals surface area (Å²) in [4.78, 5) is 0. The van der Waals surface area contributed by atoms with Crippen molar-refractivity contribution in [3.8, 4) is 0 Å². The summed E-state index contributed by atoms with van der Waals surface area (Å²) < 4.78 is 26.0. The molecule has 0 bridgehead atoms. The van der Waals surface area contributed by atoms with Crippen LogP contribution in [-0.4, -0.2) is 119 Å². The Morgan fingerprint density at radius 3 is 1.68 bits per heavy atom. The zero-order valence-electron chi connectivity index (χ0n) is 13.9.